The van der Waals surface area contributed by atoms with Crippen LogP contribution in [-0.4, -0.2) is 67.6 Å². The first-order valence-corrected chi connectivity index (χ1v) is 13.4. The number of alkyl halides is 5. The van der Waals surface area contributed by atoms with Gasteiger partial charge in [-0.15, -0.1) is 5.10 Å². The molecule has 17 heteroatoms. The summed E-state index contributed by atoms with van der Waals surface area (Å²) in [6.07, 6.45) is -2.69. The highest BCUT2D eigenvalue weighted by molar-refractivity contribution is 5.50. The number of hydrogen-bond acceptors (Lipinski definition) is 10. The van der Waals surface area contributed by atoms with E-state index in [1.807, 2.05) is 4.90 Å². The van der Waals surface area contributed by atoms with Gasteiger partial charge in [0, 0.05) is 31.5 Å². The SMILES string of the molecule is COc1ccc(Cn2ncc(NC(C)COCc3cn(C4CN(c5ncc(C(F)F)cn5)C4)nn3)c(C(F)(F)F)c2=O)cc1. The highest BCUT2D eigenvalue weighted by Crippen LogP contribution is 2.32. The largest absolute Gasteiger partial charge is 0.497 e. The standard InChI is InChI=1S/C27H28F5N9O3/c1-16(36-22-9-35-41(25(42)23(22)27(30,31)32)10-17-3-5-21(43-2)6-4-17)14-44-15-19-11-40(38-37-19)20-12-39(13-20)26-33-7-18(8-34-26)24(28)29/h3-9,11,16,20,24,36H,10,12-15H2,1-2H3. The van der Waals surface area contributed by atoms with Crippen molar-refractivity contribution in [3.8, 4) is 5.75 Å². The number of rotatable bonds is 12. The van der Waals surface area contributed by atoms with Gasteiger partial charge in [-0.1, -0.05) is 17.3 Å². The molecule has 44 heavy (non-hydrogen) atoms. The average molecular weight is 622 g/mol. The van der Waals surface area contributed by atoms with Crippen LogP contribution in [0.4, 0.5) is 33.6 Å². The first-order valence-electron chi connectivity index (χ1n) is 13.4. The molecule has 1 fully saturated rings. The average Bonchev–Trinajstić information content (AvgIpc) is 3.42. The normalized spacial score (nSPS) is 14.5. The summed E-state index contributed by atoms with van der Waals surface area (Å²) in [5.41, 5.74) is -2.22. The molecule has 4 aromatic rings. The zero-order chi connectivity index (χ0) is 31.4. The fraction of sp³-hybridized carbons (Fsp3) is 0.407. The number of benzene rings is 1. The minimum Gasteiger partial charge on any atom is -0.497 e. The smallest absolute Gasteiger partial charge is 0.423 e. The van der Waals surface area contributed by atoms with E-state index in [0.717, 1.165) is 23.3 Å². The quantitative estimate of drug-likeness (QED) is 0.234. The van der Waals surface area contributed by atoms with Gasteiger partial charge in [-0.2, -0.15) is 18.3 Å². The Hall–Kier alpha value is -4.67. The van der Waals surface area contributed by atoms with Crippen LogP contribution in [0.2, 0.25) is 0 Å². The zero-order valence-electron chi connectivity index (χ0n) is 23.6. The molecule has 1 unspecified atom stereocenters. The minimum absolute atomic E-state index is 0.00223. The van der Waals surface area contributed by atoms with E-state index in [1.54, 1.807) is 42.1 Å². The molecule has 0 spiro atoms. The summed E-state index contributed by atoms with van der Waals surface area (Å²) >= 11 is 0. The molecular formula is C27H28F5N9O3. The first kappa shape index (κ1) is 30.8. The van der Waals surface area contributed by atoms with Gasteiger partial charge in [-0.3, -0.25) is 4.79 Å². The second-order valence-corrected chi connectivity index (χ2v) is 10.2. The highest BCUT2D eigenvalue weighted by atomic mass is 19.4. The molecule has 1 saturated heterocycles. The van der Waals surface area contributed by atoms with E-state index in [1.165, 1.54) is 7.11 Å². The van der Waals surface area contributed by atoms with Crippen LogP contribution in [0.15, 0.2) is 53.8 Å². The fourth-order valence-corrected chi connectivity index (χ4v) is 4.49. The van der Waals surface area contributed by atoms with E-state index in [2.05, 4.69) is 30.7 Å². The lowest BCUT2D eigenvalue weighted by molar-refractivity contribution is -0.138. The number of halogens is 5. The summed E-state index contributed by atoms with van der Waals surface area (Å²) < 4.78 is 80.3. The molecule has 0 saturated carbocycles. The van der Waals surface area contributed by atoms with E-state index >= 15 is 0 Å². The Morgan fingerprint density at radius 1 is 1.09 bits per heavy atom. The van der Waals surface area contributed by atoms with Gasteiger partial charge in [0.2, 0.25) is 5.95 Å². The van der Waals surface area contributed by atoms with Crippen molar-refractivity contribution in [1.29, 1.82) is 0 Å². The summed E-state index contributed by atoms with van der Waals surface area (Å²) in [4.78, 5) is 22.5. The number of nitrogens with one attached hydrogen (secondary N) is 1. The predicted molar refractivity (Wildman–Crippen MR) is 147 cm³/mol. The third-order valence-electron chi connectivity index (χ3n) is 6.83. The van der Waals surface area contributed by atoms with Gasteiger partial charge >= 0.3 is 6.18 Å². The van der Waals surface area contributed by atoms with Crippen LogP contribution in [0.3, 0.4) is 0 Å². The summed E-state index contributed by atoms with van der Waals surface area (Å²) in [5, 5.41) is 14.8. The van der Waals surface area contributed by atoms with E-state index < -0.39 is 35.5 Å². The third kappa shape index (κ3) is 7.10. The van der Waals surface area contributed by atoms with Crippen LogP contribution < -0.4 is 20.5 Å². The van der Waals surface area contributed by atoms with Gasteiger partial charge in [-0.05, 0) is 24.6 Å². The predicted octanol–water partition coefficient (Wildman–Crippen LogP) is 3.72. The van der Waals surface area contributed by atoms with Gasteiger partial charge in [0.25, 0.3) is 12.0 Å². The molecule has 0 radical (unpaired) electrons. The molecule has 1 aromatic carbocycles. The first-order chi connectivity index (χ1) is 21.0. The number of nitrogens with zero attached hydrogens (tertiary/aromatic N) is 8. The fourth-order valence-electron chi connectivity index (χ4n) is 4.49. The Labute approximate surface area is 247 Å². The van der Waals surface area contributed by atoms with E-state index in [0.29, 0.717) is 36.0 Å². The maximum Gasteiger partial charge on any atom is 0.423 e. The third-order valence-corrected chi connectivity index (χ3v) is 6.83. The molecule has 1 atom stereocenters. The van der Waals surface area contributed by atoms with Gasteiger partial charge < -0.3 is 19.7 Å². The molecule has 5 rings (SSSR count). The van der Waals surface area contributed by atoms with Crippen molar-refractivity contribution < 1.29 is 31.4 Å². The van der Waals surface area contributed by atoms with Crippen molar-refractivity contribution in [2.24, 2.45) is 0 Å². The minimum atomic E-state index is -4.92. The van der Waals surface area contributed by atoms with Gasteiger partial charge in [-0.25, -0.2) is 28.1 Å². The molecule has 12 nitrogen and oxygen atoms in total. The van der Waals surface area contributed by atoms with Gasteiger partial charge in [0.15, 0.2) is 0 Å². The van der Waals surface area contributed by atoms with Crippen molar-refractivity contribution in [2.75, 3.05) is 37.0 Å². The molecule has 0 bridgehead atoms. The number of methoxy groups -OCH3 is 1. The number of ether oxygens (including phenoxy) is 2. The maximum atomic E-state index is 13.9. The summed E-state index contributed by atoms with van der Waals surface area (Å²) in [6, 6.07) is 5.92. The Morgan fingerprint density at radius 2 is 1.80 bits per heavy atom. The summed E-state index contributed by atoms with van der Waals surface area (Å²) in [7, 11) is 1.49. The molecule has 1 N–H and O–H groups in total. The monoisotopic (exact) mass is 621 g/mol. The van der Waals surface area contributed by atoms with Crippen LogP contribution in [0.5, 0.6) is 5.75 Å². The van der Waals surface area contributed by atoms with Crippen LogP contribution in [0.25, 0.3) is 0 Å². The van der Waals surface area contributed by atoms with Gasteiger partial charge in [0.1, 0.15) is 17.0 Å². The molecule has 1 aliphatic heterocycles. The Morgan fingerprint density at radius 3 is 2.43 bits per heavy atom. The van der Waals surface area contributed by atoms with Crippen molar-refractivity contribution in [1.82, 2.24) is 34.7 Å². The zero-order valence-corrected chi connectivity index (χ0v) is 23.6. The molecule has 234 valence electrons. The van der Waals surface area contributed by atoms with E-state index in [9.17, 15) is 26.7 Å². The highest BCUT2D eigenvalue weighted by Gasteiger charge is 2.38. The van der Waals surface area contributed by atoms with Crippen molar-refractivity contribution in [2.45, 2.75) is 44.8 Å². The topological polar surface area (TPSA) is 125 Å². The van der Waals surface area contributed by atoms with Crippen LogP contribution in [0.1, 0.15) is 41.8 Å². The van der Waals surface area contributed by atoms with Crippen molar-refractivity contribution in [3.63, 3.8) is 0 Å². The van der Waals surface area contributed by atoms with Crippen molar-refractivity contribution in [3.05, 3.63) is 81.8 Å². The van der Waals surface area contributed by atoms with Gasteiger partial charge in [0.05, 0.1) is 56.6 Å². The van der Waals surface area contributed by atoms with Crippen LogP contribution >= 0.6 is 0 Å². The number of aromatic nitrogens is 7. The molecule has 4 heterocycles. The van der Waals surface area contributed by atoms with Crippen LogP contribution in [-0.2, 0) is 24.1 Å². The second-order valence-electron chi connectivity index (χ2n) is 10.2. The molecule has 3 aromatic heterocycles. The Balaban J connectivity index is 1.13. The van der Waals surface area contributed by atoms with E-state index in [4.69, 9.17) is 9.47 Å². The molecular weight excluding hydrogens is 593 g/mol. The summed E-state index contributed by atoms with van der Waals surface area (Å²) in [5.74, 6) is 0.916. The lowest BCUT2D eigenvalue weighted by Gasteiger charge is -2.38. The van der Waals surface area contributed by atoms with Crippen molar-refractivity contribution >= 4 is 11.6 Å². The summed E-state index contributed by atoms with van der Waals surface area (Å²) in [6.45, 7) is 2.53. The Kier molecular flexibility index (Phi) is 9.03. The maximum absolute atomic E-state index is 13.9. The molecule has 0 amide bonds. The lowest BCUT2D eigenvalue weighted by Crippen LogP contribution is -2.48. The second kappa shape index (κ2) is 12.9. The molecule has 0 aliphatic carbocycles. The lowest BCUT2D eigenvalue weighted by atomic mass is 10.1. The number of hydrogen-bond donors (Lipinski definition) is 1. The Bertz CT molecular complexity index is 1610. The van der Waals surface area contributed by atoms with Crippen LogP contribution in [0, 0.1) is 0 Å². The number of anilines is 2. The molecule has 1 aliphatic rings. The van der Waals surface area contributed by atoms with E-state index in [-0.39, 0.29) is 31.4 Å².